The Morgan fingerprint density at radius 1 is 0.471 bits per heavy atom. The zero-order valence-corrected chi connectivity index (χ0v) is 28.9. The zero-order valence-electron chi connectivity index (χ0n) is 28.9. The fourth-order valence-corrected chi connectivity index (χ4v) is 7.69. The molecule has 2 aliphatic rings. The summed E-state index contributed by atoms with van der Waals surface area (Å²) in [5.41, 5.74) is 11.6. The summed E-state index contributed by atoms with van der Waals surface area (Å²) in [6.45, 7) is 2.94. The van der Waals surface area contributed by atoms with Crippen molar-refractivity contribution in [3.63, 3.8) is 0 Å². The van der Waals surface area contributed by atoms with Crippen molar-refractivity contribution in [1.29, 1.82) is 0 Å². The third kappa shape index (κ3) is 6.03. The van der Waals surface area contributed by atoms with Gasteiger partial charge in [0.2, 0.25) is 0 Å². The van der Waals surface area contributed by atoms with Crippen molar-refractivity contribution in [3.8, 4) is 28.0 Å². The van der Waals surface area contributed by atoms with E-state index in [4.69, 9.17) is 4.74 Å². The van der Waals surface area contributed by atoms with Crippen LogP contribution in [0.3, 0.4) is 0 Å². The van der Waals surface area contributed by atoms with Crippen LogP contribution in [0.2, 0.25) is 0 Å². The van der Waals surface area contributed by atoms with Crippen LogP contribution in [0.5, 0.6) is 5.75 Å². The quantitative estimate of drug-likeness (QED) is 0.0868. The molecule has 0 radical (unpaired) electrons. The molecule has 0 aromatic heterocycles. The Labute approximate surface area is 300 Å². The van der Waals surface area contributed by atoms with Crippen LogP contribution in [0, 0.1) is 0 Å². The van der Waals surface area contributed by atoms with E-state index in [2.05, 4.69) is 167 Å². The van der Waals surface area contributed by atoms with Gasteiger partial charge in [-0.1, -0.05) is 129 Å². The Balaban J connectivity index is 0.981. The number of hydrogen-bond donors (Lipinski definition) is 4. The Morgan fingerprint density at radius 3 is 1.43 bits per heavy atom. The van der Waals surface area contributed by atoms with Crippen molar-refractivity contribution in [3.05, 3.63) is 140 Å². The van der Waals surface area contributed by atoms with E-state index in [1.165, 1.54) is 62.9 Å². The van der Waals surface area contributed by atoms with Gasteiger partial charge in [0, 0.05) is 39.1 Å². The van der Waals surface area contributed by atoms with E-state index in [9.17, 15) is 0 Å². The smallest absolute Gasteiger partial charge is 0.406 e. The van der Waals surface area contributed by atoms with E-state index in [0.717, 1.165) is 52.7 Å². The lowest BCUT2D eigenvalue weighted by Crippen LogP contribution is -2.47. The number of rotatable bonds is 10. The zero-order chi connectivity index (χ0) is 34.1. The number of nitrogens with one attached hydrogen (secondary N) is 4. The highest BCUT2D eigenvalue weighted by Crippen LogP contribution is 2.37. The summed E-state index contributed by atoms with van der Waals surface area (Å²) >= 11 is 0. The van der Waals surface area contributed by atoms with E-state index in [-0.39, 0.29) is 14.0 Å². The molecule has 0 amide bonds. The molecule has 0 unspecified atom stereocenters. The van der Waals surface area contributed by atoms with E-state index in [1.807, 2.05) is 0 Å². The normalized spacial score (nSPS) is 13.0. The Kier molecular flexibility index (Phi) is 8.25. The standard InChI is InChI=1S/C44H40B2N4O/c1-2-3-4-5-28-51-42-27-22-34(30-18-23-35(24-19-30)45-47-38-14-6-10-32-11-7-15-39(48-45)43(32)38)29-37(42)31-20-25-36(26-21-31)46-49-40-16-8-12-33-13-9-17-41(50-46)44(33)40/h6-27,29,47-50H,2-5,28H2,1H3. The van der Waals surface area contributed by atoms with Crippen LogP contribution in [0.4, 0.5) is 22.7 Å². The maximum Gasteiger partial charge on any atom is 0.406 e. The minimum Gasteiger partial charge on any atom is -0.493 e. The van der Waals surface area contributed by atoms with Gasteiger partial charge < -0.3 is 25.6 Å². The maximum absolute atomic E-state index is 6.46. The van der Waals surface area contributed by atoms with Crippen LogP contribution in [0.15, 0.2) is 140 Å². The van der Waals surface area contributed by atoms with Crippen LogP contribution < -0.4 is 36.6 Å². The first-order valence-electron chi connectivity index (χ1n) is 18.3. The third-order valence-electron chi connectivity index (χ3n) is 10.4. The van der Waals surface area contributed by atoms with Gasteiger partial charge in [-0.15, -0.1) is 0 Å². The van der Waals surface area contributed by atoms with Crippen molar-refractivity contribution >= 4 is 69.2 Å². The van der Waals surface area contributed by atoms with Crippen molar-refractivity contribution in [2.75, 3.05) is 27.5 Å². The summed E-state index contributed by atoms with van der Waals surface area (Å²) in [6, 6.07) is 50.2. The Hall–Kier alpha value is -5.81. The summed E-state index contributed by atoms with van der Waals surface area (Å²) < 4.78 is 6.46. The van der Waals surface area contributed by atoms with Crippen LogP contribution in [-0.4, -0.2) is 20.6 Å². The molecule has 2 aliphatic heterocycles. The van der Waals surface area contributed by atoms with Crippen LogP contribution in [0.25, 0.3) is 43.8 Å². The Morgan fingerprint density at radius 2 is 0.941 bits per heavy atom. The van der Waals surface area contributed by atoms with Crippen LogP contribution >= 0.6 is 0 Å². The first kappa shape index (κ1) is 31.2. The molecule has 7 heteroatoms. The number of benzene rings is 7. The molecular formula is C44H40B2N4O. The molecule has 7 aromatic carbocycles. The van der Waals surface area contributed by atoms with Gasteiger partial charge in [-0.2, -0.15) is 0 Å². The first-order chi connectivity index (χ1) is 25.2. The molecule has 0 aliphatic carbocycles. The molecule has 9 rings (SSSR count). The second-order valence-electron chi connectivity index (χ2n) is 13.7. The third-order valence-corrected chi connectivity index (χ3v) is 10.4. The summed E-state index contributed by atoms with van der Waals surface area (Å²) in [6.07, 6.45) is 4.70. The van der Waals surface area contributed by atoms with E-state index in [0.29, 0.717) is 0 Å². The molecule has 0 saturated heterocycles. The van der Waals surface area contributed by atoms with Gasteiger partial charge in [0.1, 0.15) is 5.75 Å². The molecular weight excluding hydrogens is 622 g/mol. The molecule has 0 fully saturated rings. The molecule has 0 bridgehead atoms. The minimum absolute atomic E-state index is 0.00773. The minimum atomic E-state index is -0.0202. The molecule has 2 heterocycles. The second kappa shape index (κ2) is 13.5. The van der Waals surface area contributed by atoms with Gasteiger partial charge in [0.05, 0.1) is 6.61 Å². The maximum atomic E-state index is 6.46. The van der Waals surface area contributed by atoms with Crippen molar-refractivity contribution < 1.29 is 4.74 Å². The molecule has 4 N–H and O–H groups in total. The molecule has 0 saturated carbocycles. The number of hydrogen-bond acceptors (Lipinski definition) is 5. The lowest BCUT2D eigenvalue weighted by molar-refractivity contribution is 0.306. The van der Waals surface area contributed by atoms with E-state index < -0.39 is 0 Å². The molecule has 51 heavy (non-hydrogen) atoms. The summed E-state index contributed by atoms with van der Waals surface area (Å²) in [4.78, 5) is 0. The van der Waals surface area contributed by atoms with Crippen molar-refractivity contribution in [1.82, 2.24) is 0 Å². The summed E-state index contributed by atoms with van der Waals surface area (Å²) in [5.74, 6) is 0.928. The predicted octanol–water partition coefficient (Wildman–Crippen LogP) is 9.75. The second-order valence-corrected chi connectivity index (χ2v) is 13.7. The Bertz CT molecular complexity index is 2280. The molecule has 248 valence electrons. The van der Waals surface area contributed by atoms with Gasteiger partial charge in [-0.3, -0.25) is 0 Å². The van der Waals surface area contributed by atoms with Gasteiger partial charge >= 0.3 is 14.0 Å². The fraction of sp³-hybridized carbons (Fsp3) is 0.136. The molecule has 0 spiro atoms. The topological polar surface area (TPSA) is 57.4 Å². The highest BCUT2D eigenvalue weighted by atomic mass is 16.5. The molecule has 5 nitrogen and oxygen atoms in total. The van der Waals surface area contributed by atoms with Gasteiger partial charge in [0.15, 0.2) is 0 Å². The average Bonchev–Trinajstić information content (AvgIpc) is 3.18. The number of unbranched alkanes of at least 4 members (excludes halogenated alkanes) is 3. The van der Waals surface area contributed by atoms with Crippen LogP contribution in [-0.2, 0) is 0 Å². The van der Waals surface area contributed by atoms with Gasteiger partial charge in [-0.05, 0) is 81.2 Å². The SMILES string of the molecule is CCCCCCOc1ccc(-c2ccc(B3Nc4cccc5cccc(c45)N3)cc2)cc1-c1ccc(B2Nc3cccc4cccc(c34)N2)cc1. The monoisotopic (exact) mass is 662 g/mol. The summed E-state index contributed by atoms with van der Waals surface area (Å²) in [7, 11) is 0. The van der Waals surface area contributed by atoms with Crippen molar-refractivity contribution in [2.45, 2.75) is 32.6 Å². The number of anilines is 4. The lowest BCUT2D eigenvalue weighted by atomic mass is 9.66. The predicted molar refractivity (Wildman–Crippen MR) is 220 cm³/mol. The molecule has 0 atom stereocenters. The first-order valence-corrected chi connectivity index (χ1v) is 18.3. The van der Waals surface area contributed by atoms with E-state index in [1.54, 1.807) is 0 Å². The van der Waals surface area contributed by atoms with Gasteiger partial charge in [0.25, 0.3) is 0 Å². The van der Waals surface area contributed by atoms with Crippen molar-refractivity contribution in [2.24, 2.45) is 0 Å². The lowest BCUT2D eigenvalue weighted by Gasteiger charge is -2.27. The highest BCUT2D eigenvalue weighted by molar-refractivity contribution is 6.80. The van der Waals surface area contributed by atoms with Crippen LogP contribution in [0.1, 0.15) is 32.6 Å². The molecule has 7 aromatic rings. The summed E-state index contributed by atoms with van der Waals surface area (Å²) in [5, 5.41) is 19.8. The number of ether oxygens (including phenoxy) is 1. The van der Waals surface area contributed by atoms with E-state index >= 15 is 0 Å². The highest BCUT2D eigenvalue weighted by Gasteiger charge is 2.27. The largest absolute Gasteiger partial charge is 0.493 e. The average molecular weight is 662 g/mol. The van der Waals surface area contributed by atoms with Gasteiger partial charge in [-0.25, -0.2) is 0 Å². The fourth-order valence-electron chi connectivity index (χ4n) is 7.69.